The Morgan fingerprint density at radius 2 is 1.67 bits per heavy atom. The Hall–Kier alpha value is -2.90. The number of ketones is 1. The predicted octanol–water partition coefficient (Wildman–Crippen LogP) is 3.10. The molecular weight excluding hydrogens is 414 g/mol. The van der Waals surface area contributed by atoms with Crippen molar-refractivity contribution in [1.29, 1.82) is 0 Å². The van der Waals surface area contributed by atoms with E-state index >= 15 is 0 Å². The predicted molar refractivity (Wildman–Crippen MR) is 132 cm³/mol. The maximum atomic E-state index is 13.5. The van der Waals surface area contributed by atoms with Crippen LogP contribution in [0, 0.1) is 20.8 Å². The third kappa shape index (κ3) is 4.23. The van der Waals surface area contributed by atoms with Crippen molar-refractivity contribution in [3.05, 3.63) is 69.4 Å². The smallest absolute Gasteiger partial charge is 0.295 e. The van der Waals surface area contributed by atoms with E-state index in [9.17, 15) is 9.59 Å². The van der Waals surface area contributed by atoms with Crippen LogP contribution in [0.5, 0.6) is 0 Å². The number of Topliss-reactive ketones (excluding diaryl/α,β-unsaturated/α-hetero) is 1. The third-order valence-corrected chi connectivity index (χ3v) is 7.18. The second-order valence-corrected chi connectivity index (χ2v) is 9.40. The fourth-order valence-electron chi connectivity index (χ4n) is 5.08. The first-order valence-corrected chi connectivity index (χ1v) is 11.7. The maximum absolute atomic E-state index is 13.5. The van der Waals surface area contributed by atoms with E-state index in [4.69, 9.17) is 0 Å². The molecule has 0 atom stereocenters. The van der Waals surface area contributed by atoms with Gasteiger partial charge in [-0.15, -0.1) is 0 Å². The van der Waals surface area contributed by atoms with Crippen molar-refractivity contribution >= 4 is 5.78 Å². The lowest BCUT2D eigenvalue weighted by Crippen LogP contribution is -2.43. The monoisotopic (exact) mass is 449 g/mol. The topological polar surface area (TPSA) is 55.4 Å². The van der Waals surface area contributed by atoms with Crippen molar-refractivity contribution in [1.82, 2.24) is 23.7 Å². The van der Waals surface area contributed by atoms with Gasteiger partial charge in [0, 0.05) is 30.0 Å². The van der Waals surface area contributed by atoms with Crippen molar-refractivity contribution < 1.29 is 4.79 Å². The van der Waals surface area contributed by atoms with Gasteiger partial charge in [0.05, 0.1) is 17.9 Å². The summed E-state index contributed by atoms with van der Waals surface area (Å²) in [4.78, 5) is 31.3. The molecule has 0 radical (unpaired) electrons. The van der Waals surface area contributed by atoms with Crippen LogP contribution in [0.1, 0.15) is 40.3 Å². The minimum atomic E-state index is -0.0922. The molecule has 3 aromatic rings. The number of carbonyl (C=O) groups excluding carboxylic acids is 1. The SMILES string of the molecule is Cc1cc(C(=O)CN(C)C2CCN(C)CC2)c(C)n1-c1c(C)n(C)n(-c2ccccc2)c1=O. The number of benzene rings is 1. The summed E-state index contributed by atoms with van der Waals surface area (Å²) in [6.45, 7) is 8.38. The van der Waals surface area contributed by atoms with E-state index in [-0.39, 0.29) is 11.3 Å². The van der Waals surface area contributed by atoms with Gasteiger partial charge in [-0.25, -0.2) is 4.68 Å². The minimum absolute atomic E-state index is 0.0922. The van der Waals surface area contributed by atoms with Gasteiger partial charge in [-0.1, -0.05) is 18.2 Å². The van der Waals surface area contributed by atoms with E-state index in [1.807, 2.05) is 80.5 Å². The lowest BCUT2D eigenvalue weighted by molar-refractivity contribution is 0.0871. The zero-order valence-electron chi connectivity index (χ0n) is 20.6. The third-order valence-electron chi connectivity index (χ3n) is 7.18. The summed E-state index contributed by atoms with van der Waals surface area (Å²) < 4.78 is 5.50. The molecule has 33 heavy (non-hydrogen) atoms. The molecule has 7 nitrogen and oxygen atoms in total. The number of hydrogen-bond acceptors (Lipinski definition) is 4. The zero-order chi connectivity index (χ0) is 23.9. The Morgan fingerprint density at radius 1 is 1.03 bits per heavy atom. The summed E-state index contributed by atoms with van der Waals surface area (Å²) >= 11 is 0. The molecule has 1 aromatic carbocycles. The number of hydrogen-bond donors (Lipinski definition) is 0. The second-order valence-electron chi connectivity index (χ2n) is 9.40. The van der Waals surface area contributed by atoms with Crippen molar-refractivity contribution in [3.63, 3.8) is 0 Å². The van der Waals surface area contributed by atoms with Crippen LogP contribution < -0.4 is 5.56 Å². The molecule has 0 amide bonds. The molecule has 1 saturated heterocycles. The van der Waals surface area contributed by atoms with Gasteiger partial charge in [0.25, 0.3) is 5.56 Å². The lowest BCUT2D eigenvalue weighted by Gasteiger charge is -2.34. The van der Waals surface area contributed by atoms with Crippen LogP contribution in [-0.2, 0) is 7.05 Å². The summed E-state index contributed by atoms with van der Waals surface area (Å²) in [5.74, 6) is 0.104. The highest BCUT2D eigenvalue weighted by molar-refractivity contribution is 5.99. The number of aromatic nitrogens is 3. The molecule has 0 spiro atoms. The van der Waals surface area contributed by atoms with E-state index in [0.29, 0.717) is 23.8 Å². The number of likely N-dealkylation sites (N-methyl/N-ethyl adjacent to an activating group) is 1. The van der Waals surface area contributed by atoms with Crippen LogP contribution >= 0.6 is 0 Å². The highest BCUT2D eigenvalue weighted by Crippen LogP contribution is 2.24. The molecule has 1 aliphatic rings. The van der Waals surface area contributed by atoms with E-state index in [2.05, 4.69) is 16.8 Å². The van der Waals surface area contributed by atoms with Gasteiger partial charge >= 0.3 is 0 Å². The van der Waals surface area contributed by atoms with E-state index in [1.54, 1.807) is 4.68 Å². The van der Waals surface area contributed by atoms with Crippen LogP contribution in [0.4, 0.5) is 0 Å². The Labute approximate surface area is 195 Å². The molecule has 1 fully saturated rings. The first-order chi connectivity index (χ1) is 15.7. The molecule has 1 aliphatic heterocycles. The number of piperidine rings is 1. The van der Waals surface area contributed by atoms with Crippen LogP contribution in [0.15, 0.2) is 41.2 Å². The molecule has 0 unspecified atom stereocenters. The van der Waals surface area contributed by atoms with Crippen LogP contribution in [0.25, 0.3) is 11.4 Å². The highest BCUT2D eigenvalue weighted by Gasteiger charge is 2.26. The fourth-order valence-corrected chi connectivity index (χ4v) is 5.08. The standard InChI is InChI=1S/C26H35N5O2/c1-18-16-23(24(32)17-28(5)21-12-14-27(4)15-13-21)19(2)30(18)25-20(3)29(6)31(26(25)33)22-10-8-7-9-11-22/h7-11,16,21H,12-15,17H2,1-6H3. The second kappa shape index (κ2) is 9.15. The number of aryl methyl sites for hydroxylation is 1. The Morgan fingerprint density at radius 3 is 2.30 bits per heavy atom. The van der Waals surface area contributed by atoms with E-state index in [1.165, 1.54) is 0 Å². The molecule has 0 aliphatic carbocycles. The average molecular weight is 450 g/mol. The number of likely N-dealkylation sites (tertiary alicyclic amines) is 1. The van der Waals surface area contributed by atoms with Gasteiger partial charge in [0.2, 0.25) is 0 Å². The molecular formula is C26H35N5O2. The Kier molecular flexibility index (Phi) is 6.45. The zero-order valence-corrected chi connectivity index (χ0v) is 20.6. The van der Waals surface area contributed by atoms with Gasteiger partial charge in [-0.3, -0.25) is 19.2 Å². The van der Waals surface area contributed by atoms with Crippen molar-refractivity contribution in [2.24, 2.45) is 7.05 Å². The van der Waals surface area contributed by atoms with Gasteiger partial charge in [0.15, 0.2) is 5.78 Å². The fraction of sp³-hybridized carbons (Fsp3) is 0.462. The normalized spacial score (nSPS) is 15.5. The molecule has 4 rings (SSSR count). The Bertz CT molecular complexity index is 1210. The summed E-state index contributed by atoms with van der Waals surface area (Å²) in [5.41, 5.74) is 4.58. The van der Waals surface area contributed by atoms with Crippen molar-refractivity contribution in [2.45, 2.75) is 39.7 Å². The molecule has 0 bridgehead atoms. The van der Waals surface area contributed by atoms with Gasteiger partial charge in [0.1, 0.15) is 5.69 Å². The summed E-state index contributed by atoms with van der Waals surface area (Å²) in [6, 6.07) is 12.0. The van der Waals surface area contributed by atoms with Gasteiger partial charge in [-0.05, 0) is 79.0 Å². The summed E-state index contributed by atoms with van der Waals surface area (Å²) in [6.07, 6.45) is 2.17. The lowest BCUT2D eigenvalue weighted by atomic mass is 10.0. The minimum Gasteiger partial charge on any atom is -0.311 e. The quantitative estimate of drug-likeness (QED) is 0.543. The van der Waals surface area contributed by atoms with Crippen LogP contribution in [0.2, 0.25) is 0 Å². The largest absolute Gasteiger partial charge is 0.311 e. The number of rotatable bonds is 6. The van der Waals surface area contributed by atoms with Gasteiger partial charge < -0.3 is 9.47 Å². The number of nitrogens with zero attached hydrogens (tertiary/aromatic N) is 5. The Balaban J connectivity index is 1.66. The maximum Gasteiger partial charge on any atom is 0.295 e. The van der Waals surface area contributed by atoms with Gasteiger partial charge in [-0.2, -0.15) is 0 Å². The molecule has 7 heteroatoms. The number of para-hydroxylation sites is 1. The summed E-state index contributed by atoms with van der Waals surface area (Å²) in [5, 5.41) is 0. The molecule has 0 N–H and O–H groups in total. The summed E-state index contributed by atoms with van der Waals surface area (Å²) in [7, 11) is 6.09. The van der Waals surface area contributed by atoms with E-state index in [0.717, 1.165) is 48.7 Å². The average Bonchev–Trinajstić information content (AvgIpc) is 3.20. The molecule has 176 valence electrons. The number of carbonyl (C=O) groups is 1. The highest BCUT2D eigenvalue weighted by atomic mass is 16.1. The first kappa shape index (κ1) is 23.3. The van der Waals surface area contributed by atoms with Crippen LogP contribution in [0.3, 0.4) is 0 Å². The van der Waals surface area contributed by atoms with Crippen LogP contribution in [-0.4, -0.2) is 69.3 Å². The molecule has 0 saturated carbocycles. The van der Waals surface area contributed by atoms with Crippen molar-refractivity contribution in [3.8, 4) is 11.4 Å². The van der Waals surface area contributed by atoms with E-state index < -0.39 is 0 Å². The molecule has 2 aromatic heterocycles. The van der Waals surface area contributed by atoms with Crippen molar-refractivity contribution in [2.75, 3.05) is 33.7 Å². The molecule has 3 heterocycles. The first-order valence-electron chi connectivity index (χ1n) is 11.7.